The normalized spacial score (nSPS) is 18.9. The Hall–Kier alpha value is -2.90. The summed E-state index contributed by atoms with van der Waals surface area (Å²) in [5, 5.41) is 2.70. The van der Waals surface area contributed by atoms with E-state index in [1.165, 1.54) is 12.0 Å². The molecule has 1 aromatic carbocycles. The summed E-state index contributed by atoms with van der Waals surface area (Å²) in [6.07, 6.45) is 1.62. The Morgan fingerprint density at radius 1 is 1.27 bits per heavy atom. The van der Waals surface area contributed by atoms with Crippen LogP contribution in [0.2, 0.25) is 0 Å². The van der Waals surface area contributed by atoms with E-state index in [9.17, 15) is 19.2 Å². The molecule has 0 radical (unpaired) electrons. The number of carbonyl (C=O) groups excluding carboxylic acids is 4. The molecule has 2 fully saturated rings. The first-order valence-electron chi connectivity index (χ1n) is 8.57. The van der Waals surface area contributed by atoms with Gasteiger partial charge in [0.2, 0.25) is 5.91 Å². The number of nitrogens with zero attached hydrogens (tertiary/aromatic N) is 2. The molecule has 26 heavy (non-hydrogen) atoms. The minimum atomic E-state index is -0.444. The topological polar surface area (TPSA) is 96.0 Å². The Morgan fingerprint density at radius 3 is 2.81 bits per heavy atom. The molecule has 0 aliphatic carbocycles. The van der Waals surface area contributed by atoms with Gasteiger partial charge in [-0.05, 0) is 30.5 Å². The third-order valence-corrected chi connectivity index (χ3v) is 4.62. The molecule has 2 heterocycles. The van der Waals surface area contributed by atoms with Gasteiger partial charge in [-0.25, -0.2) is 4.79 Å². The highest BCUT2D eigenvalue weighted by atomic mass is 16.5. The molecule has 0 saturated carbocycles. The molecule has 2 aliphatic rings. The van der Waals surface area contributed by atoms with Gasteiger partial charge in [0.15, 0.2) is 0 Å². The first-order chi connectivity index (χ1) is 12.5. The SMILES string of the molecule is COC(=O)CCC(=O)Nc1cccc(CN2C(=O)C3CCCN3C2=O)c1. The quantitative estimate of drug-likeness (QED) is 0.613. The van der Waals surface area contributed by atoms with Crippen molar-refractivity contribution in [2.24, 2.45) is 0 Å². The Bertz CT molecular complexity index is 726. The molecule has 3 rings (SSSR count). The van der Waals surface area contributed by atoms with Crippen molar-refractivity contribution in [1.29, 1.82) is 0 Å². The second kappa shape index (κ2) is 7.55. The summed E-state index contributed by atoms with van der Waals surface area (Å²) in [4.78, 5) is 50.6. The smallest absolute Gasteiger partial charge is 0.327 e. The van der Waals surface area contributed by atoms with E-state index in [-0.39, 0.29) is 43.3 Å². The number of rotatable bonds is 6. The van der Waals surface area contributed by atoms with Crippen molar-refractivity contribution in [2.75, 3.05) is 19.0 Å². The highest BCUT2D eigenvalue weighted by molar-refractivity contribution is 6.04. The molecule has 2 aliphatic heterocycles. The summed E-state index contributed by atoms with van der Waals surface area (Å²) in [5.74, 6) is -0.901. The number of hydrogen-bond donors (Lipinski definition) is 1. The van der Waals surface area contributed by atoms with Crippen LogP contribution >= 0.6 is 0 Å². The molecule has 138 valence electrons. The summed E-state index contributed by atoms with van der Waals surface area (Å²) >= 11 is 0. The largest absolute Gasteiger partial charge is 0.469 e. The standard InChI is InChI=1S/C18H21N3O5/c1-26-16(23)8-7-15(22)19-13-5-2-4-12(10-13)11-21-17(24)14-6-3-9-20(14)18(21)25/h2,4-5,10,14H,3,6-9,11H2,1H3,(H,19,22). The van der Waals surface area contributed by atoms with Crippen molar-refractivity contribution in [3.05, 3.63) is 29.8 Å². The first-order valence-corrected chi connectivity index (χ1v) is 8.57. The third-order valence-electron chi connectivity index (χ3n) is 4.62. The number of urea groups is 1. The number of esters is 1. The van der Waals surface area contributed by atoms with Crippen LogP contribution in [0.15, 0.2) is 24.3 Å². The van der Waals surface area contributed by atoms with E-state index in [0.717, 1.165) is 18.4 Å². The predicted octanol–water partition coefficient (Wildman–Crippen LogP) is 1.50. The second-order valence-electron chi connectivity index (χ2n) is 6.38. The number of carbonyl (C=O) groups is 4. The number of imide groups is 1. The Labute approximate surface area is 151 Å². The molecule has 0 spiro atoms. The van der Waals surface area contributed by atoms with Gasteiger partial charge in [0, 0.05) is 18.7 Å². The second-order valence-corrected chi connectivity index (χ2v) is 6.38. The Morgan fingerprint density at radius 2 is 2.08 bits per heavy atom. The lowest BCUT2D eigenvalue weighted by atomic mass is 10.1. The van der Waals surface area contributed by atoms with E-state index in [1.807, 2.05) is 0 Å². The maximum absolute atomic E-state index is 12.4. The van der Waals surface area contributed by atoms with Gasteiger partial charge in [0.25, 0.3) is 5.91 Å². The van der Waals surface area contributed by atoms with Crippen molar-refractivity contribution >= 4 is 29.5 Å². The molecule has 1 aromatic rings. The number of fused-ring (bicyclic) bond motifs is 1. The van der Waals surface area contributed by atoms with Gasteiger partial charge in [-0.15, -0.1) is 0 Å². The Kier molecular flexibility index (Phi) is 5.20. The molecule has 1 N–H and O–H groups in total. The number of methoxy groups -OCH3 is 1. The number of hydrogen-bond acceptors (Lipinski definition) is 5. The zero-order valence-corrected chi connectivity index (χ0v) is 14.6. The van der Waals surface area contributed by atoms with Crippen LogP contribution in [-0.2, 0) is 25.7 Å². The van der Waals surface area contributed by atoms with Gasteiger partial charge in [0.05, 0.1) is 20.1 Å². The van der Waals surface area contributed by atoms with E-state index >= 15 is 0 Å². The number of benzene rings is 1. The van der Waals surface area contributed by atoms with Gasteiger partial charge in [-0.1, -0.05) is 12.1 Å². The van der Waals surface area contributed by atoms with E-state index in [1.54, 1.807) is 29.2 Å². The van der Waals surface area contributed by atoms with Gasteiger partial charge in [0.1, 0.15) is 6.04 Å². The summed E-state index contributed by atoms with van der Waals surface area (Å²) in [6.45, 7) is 0.804. The molecule has 8 nitrogen and oxygen atoms in total. The summed E-state index contributed by atoms with van der Waals surface area (Å²) in [6, 6.07) is 6.42. The minimum Gasteiger partial charge on any atom is -0.469 e. The maximum atomic E-state index is 12.4. The van der Waals surface area contributed by atoms with Crippen molar-refractivity contribution in [3.63, 3.8) is 0 Å². The summed E-state index contributed by atoms with van der Waals surface area (Å²) in [7, 11) is 1.27. The fourth-order valence-corrected chi connectivity index (χ4v) is 3.30. The van der Waals surface area contributed by atoms with Gasteiger partial charge < -0.3 is 15.0 Å². The number of anilines is 1. The van der Waals surface area contributed by atoms with Crippen LogP contribution in [-0.4, -0.2) is 53.3 Å². The summed E-state index contributed by atoms with van der Waals surface area (Å²) < 4.78 is 4.50. The van der Waals surface area contributed by atoms with Crippen LogP contribution in [0.4, 0.5) is 10.5 Å². The van der Waals surface area contributed by atoms with E-state index in [2.05, 4.69) is 10.1 Å². The van der Waals surface area contributed by atoms with Crippen LogP contribution in [0.3, 0.4) is 0 Å². The monoisotopic (exact) mass is 359 g/mol. The van der Waals surface area contributed by atoms with Crippen LogP contribution < -0.4 is 5.32 Å². The summed E-state index contributed by atoms with van der Waals surface area (Å²) in [5.41, 5.74) is 1.30. The van der Waals surface area contributed by atoms with Gasteiger partial charge in [-0.3, -0.25) is 19.3 Å². The zero-order chi connectivity index (χ0) is 18.7. The lowest BCUT2D eigenvalue weighted by Gasteiger charge is -2.16. The number of amides is 4. The average molecular weight is 359 g/mol. The fourth-order valence-electron chi connectivity index (χ4n) is 3.30. The van der Waals surface area contributed by atoms with Crippen LogP contribution in [0.5, 0.6) is 0 Å². The Balaban J connectivity index is 1.61. The van der Waals surface area contributed by atoms with Crippen LogP contribution in [0.25, 0.3) is 0 Å². The minimum absolute atomic E-state index is 0.00995. The van der Waals surface area contributed by atoms with Crippen LogP contribution in [0, 0.1) is 0 Å². The van der Waals surface area contributed by atoms with E-state index in [0.29, 0.717) is 12.2 Å². The van der Waals surface area contributed by atoms with E-state index < -0.39 is 5.97 Å². The van der Waals surface area contributed by atoms with Crippen LogP contribution in [0.1, 0.15) is 31.2 Å². The molecule has 4 amide bonds. The van der Waals surface area contributed by atoms with E-state index in [4.69, 9.17) is 0 Å². The molecule has 1 unspecified atom stereocenters. The molecular weight excluding hydrogens is 338 g/mol. The van der Waals surface area contributed by atoms with Crippen molar-refractivity contribution in [1.82, 2.24) is 9.80 Å². The first kappa shape index (κ1) is 17.9. The molecular formula is C18H21N3O5. The zero-order valence-electron chi connectivity index (χ0n) is 14.6. The molecule has 1 atom stereocenters. The predicted molar refractivity (Wildman–Crippen MR) is 92.0 cm³/mol. The number of ether oxygens (including phenoxy) is 1. The molecule has 2 saturated heterocycles. The van der Waals surface area contributed by atoms with Gasteiger partial charge in [-0.2, -0.15) is 0 Å². The van der Waals surface area contributed by atoms with Gasteiger partial charge >= 0.3 is 12.0 Å². The highest BCUT2D eigenvalue weighted by Gasteiger charge is 2.47. The maximum Gasteiger partial charge on any atom is 0.327 e. The lowest BCUT2D eigenvalue weighted by Crippen LogP contribution is -2.32. The molecule has 0 bridgehead atoms. The lowest BCUT2D eigenvalue weighted by molar-refractivity contribution is -0.141. The highest BCUT2D eigenvalue weighted by Crippen LogP contribution is 2.28. The average Bonchev–Trinajstić information content (AvgIpc) is 3.20. The molecule has 8 heteroatoms. The number of nitrogens with one attached hydrogen (secondary N) is 1. The third kappa shape index (κ3) is 3.68. The van der Waals surface area contributed by atoms with Crippen molar-refractivity contribution in [3.8, 4) is 0 Å². The van der Waals surface area contributed by atoms with Crippen molar-refractivity contribution in [2.45, 2.75) is 38.3 Å². The molecule has 0 aromatic heterocycles. The van der Waals surface area contributed by atoms with Crippen molar-refractivity contribution < 1.29 is 23.9 Å². The fraction of sp³-hybridized carbons (Fsp3) is 0.444.